The number of hydrogen-bond acceptors (Lipinski definition) is 4. The van der Waals surface area contributed by atoms with Crippen LogP contribution in [-0.4, -0.2) is 28.3 Å². The van der Waals surface area contributed by atoms with Gasteiger partial charge in [0.15, 0.2) is 0 Å². The van der Waals surface area contributed by atoms with Gasteiger partial charge in [-0.1, -0.05) is 59.2 Å². The van der Waals surface area contributed by atoms with Crippen LogP contribution < -0.4 is 5.32 Å². The molecule has 0 saturated carbocycles. The Balaban J connectivity index is 1.74. The molecule has 1 heterocycles. The van der Waals surface area contributed by atoms with E-state index < -0.39 is 23.9 Å². The second-order valence-electron chi connectivity index (χ2n) is 6.05. The van der Waals surface area contributed by atoms with Gasteiger partial charge in [-0.2, -0.15) is 0 Å². The van der Waals surface area contributed by atoms with E-state index in [9.17, 15) is 14.7 Å². The van der Waals surface area contributed by atoms with Crippen LogP contribution in [0.15, 0.2) is 59.8 Å². The fraction of sp³-hybridized carbons (Fsp3) is 0.211. The van der Waals surface area contributed by atoms with E-state index in [0.717, 1.165) is 11.1 Å². The summed E-state index contributed by atoms with van der Waals surface area (Å²) in [5.74, 6) is -1.64. The summed E-state index contributed by atoms with van der Waals surface area (Å²) in [6.07, 6.45) is -0.407. The molecule has 0 spiro atoms. The van der Waals surface area contributed by atoms with Crippen molar-refractivity contribution in [2.45, 2.75) is 25.0 Å². The molecule has 1 aliphatic rings. The number of carboxylic acids is 1. The van der Waals surface area contributed by atoms with Gasteiger partial charge < -0.3 is 15.3 Å². The number of carbonyl (C=O) groups excluding carboxylic acids is 1. The molecule has 1 aliphatic heterocycles. The van der Waals surface area contributed by atoms with E-state index in [4.69, 9.17) is 16.4 Å². The molecule has 2 aromatic rings. The number of nitrogens with zero attached hydrogens (tertiary/aromatic N) is 1. The quantitative estimate of drug-likeness (QED) is 0.815. The van der Waals surface area contributed by atoms with Crippen molar-refractivity contribution >= 4 is 29.2 Å². The molecule has 0 fully saturated rings. The molecule has 0 saturated heterocycles. The minimum absolute atomic E-state index is 0.0710. The van der Waals surface area contributed by atoms with Crippen molar-refractivity contribution in [2.24, 2.45) is 5.16 Å². The number of benzene rings is 2. The Bertz CT molecular complexity index is 836. The topological polar surface area (TPSA) is 88.0 Å². The molecule has 1 atom stereocenters. The van der Waals surface area contributed by atoms with Gasteiger partial charge in [-0.15, -0.1) is 0 Å². The second-order valence-corrected chi connectivity index (χ2v) is 6.48. The van der Waals surface area contributed by atoms with Crippen LogP contribution in [0.1, 0.15) is 24.0 Å². The van der Waals surface area contributed by atoms with Crippen LogP contribution in [-0.2, 0) is 21.0 Å². The third-order valence-corrected chi connectivity index (χ3v) is 4.36. The van der Waals surface area contributed by atoms with E-state index in [0.29, 0.717) is 10.7 Å². The number of aliphatic carboxylic acids is 1. The Labute approximate surface area is 155 Å². The van der Waals surface area contributed by atoms with Crippen molar-refractivity contribution in [2.75, 3.05) is 0 Å². The maximum atomic E-state index is 12.7. The van der Waals surface area contributed by atoms with Gasteiger partial charge >= 0.3 is 5.97 Å². The predicted octanol–water partition coefficient (Wildman–Crippen LogP) is 2.99. The number of oxime groups is 1. The maximum absolute atomic E-state index is 12.7. The monoisotopic (exact) mass is 372 g/mol. The third-order valence-electron chi connectivity index (χ3n) is 4.11. The second kappa shape index (κ2) is 7.58. The molecular weight excluding hydrogens is 356 g/mol. The van der Waals surface area contributed by atoms with Gasteiger partial charge in [-0.25, -0.2) is 0 Å². The van der Waals surface area contributed by atoms with Crippen molar-refractivity contribution in [3.63, 3.8) is 0 Å². The summed E-state index contributed by atoms with van der Waals surface area (Å²) in [6, 6.07) is 16.3. The minimum Gasteiger partial charge on any atom is -0.481 e. The number of nitrogens with one attached hydrogen (secondary N) is 1. The summed E-state index contributed by atoms with van der Waals surface area (Å²) < 4.78 is 0. The molecule has 0 aliphatic carbocycles. The van der Waals surface area contributed by atoms with Crippen LogP contribution in [0.5, 0.6) is 0 Å². The lowest BCUT2D eigenvalue weighted by molar-refractivity contribution is -0.156. The van der Waals surface area contributed by atoms with Crippen LogP contribution in [0, 0.1) is 0 Å². The normalized spacial score (nSPS) is 18.7. The van der Waals surface area contributed by atoms with Gasteiger partial charge in [-0.3, -0.25) is 9.59 Å². The molecule has 2 N–H and O–H groups in total. The standard InChI is InChI=1S/C19H17ClN2O4/c20-15-8-6-14(7-9-15)16-10-19(26-22-16,11-17(23)24)18(25)21-12-13-4-2-1-3-5-13/h1-9H,10-12H2,(H,21,25)(H,23,24). The first-order chi connectivity index (χ1) is 12.5. The molecule has 6 nitrogen and oxygen atoms in total. The van der Waals surface area contributed by atoms with Gasteiger partial charge in [0.1, 0.15) is 0 Å². The van der Waals surface area contributed by atoms with Crippen molar-refractivity contribution in [3.05, 3.63) is 70.7 Å². The molecule has 0 radical (unpaired) electrons. The predicted molar refractivity (Wildman–Crippen MR) is 97.0 cm³/mol. The van der Waals surface area contributed by atoms with Crippen LogP contribution in [0.2, 0.25) is 5.02 Å². The first kappa shape index (κ1) is 17.9. The maximum Gasteiger partial charge on any atom is 0.308 e. The molecule has 26 heavy (non-hydrogen) atoms. The van der Waals surface area contributed by atoms with Gasteiger partial charge in [-0.05, 0) is 23.3 Å². The smallest absolute Gasteiger partial charge is 0.308 e. The van der Waals surface area contributed by atoms with E-state index >= 15 is 0 Å². The average Bonchev–Trinajstić information content (AvgIpc) is 3.06. The fourth-order valence-corrected chi connectivity index (χ4v) is 2.88. The van der Waals surface area contributed by atoms with Crippen molar-refractivity contribution in [1.82, 2.24) is 5.32 Å². The summed E-state index contributed by atoms with van der Waals surface area (Å²) in [5.41, 5.74) is 0.591. The molecule has 1 amide bonds. The first-order valence-electron chi connectivity index (χ1n) is 8.03. The highest BCUT2D eigenvalue weighted by molar-refractivity contribution is 6.30. The van der Waals surface area contributed by atoms with Crippen LogP contribution in [0.25, 0.3) is 0 Å². The summed E-state index contributed by atoms with van der Waals surface area (Å²) >= 11 is 5.88. The van der Waals surface area contributed by atoms with Gasteiger partial charge in [0.2, 0.25) is 5.60 Å². The summed E-state index contributed by atoms with van der Waals surface area (Å²) in [7, 11) is 0. The molecule has 3 rings (SSSR count). The van der Waals surface area contributed by atoms with Crippen LogP contribution >= 0.6 is 11.6 Å². The third kappa shape index (κ3) is 4.03. The average molecular weight is 373 g/mol. The first-order valence-corrected chi connectivity index (χ1v) is 8.41. The number of rotatable bonds is 6. The molecule has 0 bridgehead atoms. The summed E-state index contributed by atoms with van der Waals surface area (Å²) in [6.45, 7) is 0.278. The van der Waals surface area contributed by atoms with Crippen molar-refractivity contribution < 1.29 is 19.5 Å². The molecule has 134 valence electrons. The van der Waals surface area contributed by atoms with Gasteiger partial charge in [0.05, 0.1) is 12.1 Å². The number of halogens is 1. The molecule has 7 heteroatoms. The Hall–Kier alpha value is -2.86. The highest BCUT2D eigenvalue weighted by Gasteiger charge is 2.48. The number of carboxylic acid groups (broad SMARTS) is 1. The van der Waals surface area contributed by atoms with Gasteiger partial charge in [0, 0.05) is 18.0 Å². The number of hydrogen-bond donors (Lipinski definition) is 2. The Morgan fingerprint density at radius 3 is 2.50 bits per heavy atom. The van der Waals surface area contributed by atoms with E-state index in [1.807, 2.05) is 30.3 Å². The molecular formula is C19H17ClN2O4. The van der Waals surface area contributed by atoms with Crippen molar-refractivity contribution in [3.8, 4) is 0 Å². The minimum atomic E-state index is -1.56. The molecule has 1 unspecified atom stereocenters. The molecule has 0 aromatic heterocycles. The van der Waals surface area contributed by atoms with Crippen LogP contribution in [0.4, 0.5) is 0 Å². The van der Waals surface area contributed by atoms with Crippen LogP contribution in [0.3, 0.4) is 0 Å². The number of amides is 1. The van der Waals surface area contributed by atoms with Crippen molar-refractivity contribution in [1.29, 1.82) is 0 Å². The van der Waals surface area contributed by atoms with Gasteiger partial charge in [0.25, 0.3) is 5.91 Å². The summed E-state index contributed by atoms with van der Waals surface area (Å²) in [4.78, 5) is 29.4. The zero-order valence-corrected chi connectivity index (χ0v) is 14.6. The van der Waals surface area contributed by atoms with E-state index in [2.05, 4.69) is 10.5 Å². The number of carbonyl (C=O) groups is 2. The lowest BCUT2D eigenvalue weighted by Gasteiger charge is -2.23. The zero-order chi connectivity index (χ0) is 18.6. The lowest BCUT2D eigenvalue weighted by Crippen LogP contribution is -2.48. The zero-order valence-electron chi connectivity index (χ0n) is 13.8. The van der Waals surface area contributed by atoms with E-state index in [1.165, 1.54) is 0 Å². The molecule has 2 aromatic carbocycles. The Morgan fingerprint density at radius 2 is 1.85 bits per heavy atom. The largest absolute Gasteiger partial charge is 0.481 e. The highest BCUT2D eigenvalue weighted by atomic mass is 35.5. The SMILES string of the molecule is O=C(O)CC1(C(=O)NCc2ccccc2)CC(c2ccc(Cl)cc2)=NO1. The Kier molecular flexibility index (Phi) is 5.23. The van der Waals surface area contributed by atoms with E-state index in [1.54, 1.807) is 24.3 Å². The Morgan fingerprint density at radius 1 is 1.15 bits per heavy atom. The van der Waals surface area contributed by atoms with E-state index in [-0.39, 0.29) is 13.0 Å². The highest BCUT2D eigenvalue weighted by Crippen LogP contribution is 2.31. The fourth-order valence-electron chi connectivity index (χ4n) is 2.75. The lowest BCUT2D eigenvalue weighted by atomic mass is 9.90. The summed E-state index contributed by atoms with van der Waals surface area (Å²) in [5, 5.41) is 16.5.